The third-order valence-corrected chi connectivity index (χ3v) is 2.61. The molecular weight excluding hydrogens is 250 g/mol. The monoisotopic (exact) mass is 262 g/mol. The standard InChI is InChI=1S/C14H12F2N2O/c15-11-6-5-10(8-12(11)16)18-14(19)7-9-3-1-2-4-13(9)17/h1-6,8H,7,17H2,(H,18,19). The van der Waals surface area contributed by atoms with Crippen LogP contribution in [0.2, 0.25) is 0 Å². The number of benzene rings is 2. The minimum Gasteiger partial charge on any atom is -0.398 e. The van der Waals surface area contributed by atoms with E-state index in [9.17, 15) is 13.6 Å². The molecule has 3 N–H and O–H groups in total. The Morgan fingerprint density at radius 3 is 2.53 bits per heavy atom. The van der Waals surface area contributed by atoms with Crippen molar-refractivity contribution >= 4 is 17.3 Å². The first kappa shape index (κ1) is 13.0. The Hall–Kier alpha value is -2.43. The molecule has 0 heterocycles. The fourth-order valence-corrected chi connectivity index (χ4v) is 1.65. The van der Waals surface area contributed by atoms with Crippen LogP contribution in [0.3, 0.4) is 0 Å². The normalized spacial score (nSPS) is 10.2. The van der Waals surface area contributed by atoms with Crippen molar-refractivity contribution in [2.45, 2.75) is 6.42 Å². The second kappa shape index (κ2) is 5.48. The molecule has 2 aromatic carbocycles. The molecule has 2 aromatic rings. The molecule has 3 nitrogen and oxygen atoms in total. The van der Waals surface area contributed by atoms with Gasteiger partial charge in [-0.05, 0) is 23.8 Å². The minimum atomic E-state index is -1.00. The molecule has 0 radical (unpaired) electrons. The van der Waals surface area contributed by atoms with Crippen LogP contribution in [0, 0.1) is 11.6 Å². The number of carbonyl (C=O) groups excluding carboxylic acids is 1. The lowest BCUT2D eigenvalue weighted by atomic mass is 10.1. The largest absolute Gasteiger partial charge is 0.398 e. The lowest BCUT2D eigenvalue weighted by molar-refractivity contribution is -0.115. The van der Waals surface area contributed by atoms with Crippen LogP contribution >= 0.6 is 0 Å². The second-order valence-corrected chi connectivity index (χ2v) is 4.05. The van der Waals surface area contributed by atoms with E-state index in [1.165, 1.54) is 6.07 Å². The molecule has 19 heavy (non-hydrogen) atoms. The van der Waals surface area contributed by atoms with Gasteiger partial charge in [0.05, 0.1) is 6.42 Å². The van der Waals surface area contributed by atoms with Gasteiger partial charge in [0.2, 0.25) is 5.91 Å². The van der Waals surface area contributed by atoms with E-state index >= 15 is 0 Å². The van der Waals surface area contributed by atoms with Gasteiger partial charge in [-0.1, -0.05) is 18.2 Å². The van der Waals surface area contributed by atoms with E-state index in [1.807, 2.05) is 0 Å². The average Bonchev–Trinajstić information content (AvgIpc) is 2.37. The Bertz CT molecular complexity index is 614. The van der Waals surface area contributed by atoms with E-state index in [0.29, 0.717) is 11.3 Å². The van der Waals surface area contributed by atoms with Gasteiger partial charge in [0.1, 0.15) is 0 Å². The van der Waals surface area contributed by atoms with Crippen molar-refractivity contribution in [3.8, 4) is 0 Å². The molecule has 98 valence electrons. The van der Waals surface area contributed by atoms with Gasteiger partial charge in [0, 0.05) is 17.4 Å². The van der Waals surface area contributed by atoms with Crippen molar-refractivity contribution in [1.29, 1.82) is 0 Å². The summed E-state index contributed by atoms with van der Waals surface area (Å²) in [5.41, 5.74) is 7.12. The predicted octanol–water partition coefficient (Wildman–Crippen LogP) is 2.73. The number of amides is 1. The maximum absolute atomic E-state index is 13.0. The van der Waals surface area contributed by atoms with Crippen LogP contribution in [0.1, 0.15) is 5.56 Å². The van der Waals surface area contributed by atoms with E-state index in [4.69, 9.17) is 5.73 Å². The summed E-state index contributed by atoms with van der Waals surface area (Å²) in [5.74, 6) is -2.30. The highest BCUT2D eigenvalue weighted by Crippen LogP contribution is 2.15. The van der Waals surface area contributed by atoms with Crippen LogP contribution in [0.4, 0.5) is 20.2 Å². The Morgan fingerprint density at radius 2 is 1.84 bits per heavy atom. The number of rotatable bonds is 3. The molecule has 0 spiro atoms. The number of anilines is 2. The lowest BCUT2D eigenvalue weighted by Gasteiger charge is -2.07. The van der Waals surface area contributed by atoms with Crippen molar-refractivity contribution in [1.82, 2.24) is 0 Å². The number of halogens is 2. The first-order chi connectivity index (χ1) is 9.06. The molecule has 0 aliphatic heterocycles. The van der Waals surface area contributed by atoms with Crippen molar-refractivity contribution < 1.29 is 13.6 Å². The molecule has 0 atom stereocenters. The Kier molecular flexibility index (Phi) is 3.75. The third kappa shape index (κ3) is 3.28. The number of nitrogen functional groups attached to an aromatic ring is 1. The highest BCUT2D eigenvalue weighted by molar-refractivity contribution is 5.92. The fraction of sp³-hybridized carbons (Fsp3) is 0.0714. The first-order valence-electron chi connectivity index (χ1n) is 5.64. The molecule has 0 unspecified atom stereocenters. The molecular formula is C14H12F2N2O. The topological polar surface area (TPSA) is 55.1 Å². The number of hydrogen-bond acceptors (Lipinski definition) is 2. The molecule has 2 rings (SSSR count). The van der Waals surface area contributed by atoms with Gasteiger partial charge in [0.25, 0.3) is 0 Å². The van der Waals surface area contributed by atoms with Gasteiger partial charge in [-0.3, -0.25) is 4.79 Å². The Morgan fingerprint density at radius 1 is 1.11 bits per heavy atom. The molecule has 1 amide bonds. The number of nitrogens with one attached hydrogen (secondary N) is 1. The molecule has 0 saturated carbocycles. The summed E-state index contributed by atoms with van der Waals surface area (Å²) >= 11 is 0. The van der Waals surface area contributed by atoms with E-state index < -0.39 is 11.6 Å². The summed E-state index contributed by atoms with van der Waals surface area (Å²) < 4.78 is 25.7. The highest BCUT2D eigenvalue weighted by atomic mass is 19.2. The third-order valence-electron chi connectivity index (χ3n) is 2.61. The van der Waals surface area contributed by atoms with Gasteiger partial charge in [-0.25, -0.2) is 8.78 Å². The minimum absolute atomic E-state index is 0.0751. The SMILES string of the molecule is Nc1ccccc1CC(=O)Nc1ccc(F)c(F)c1. The number of para-hydroxylation sites is 1. The second-order valence-electron chi connectivity index (χ2n) is 4.05. The summed E-state index contributed by atoms with van der Waals surface area (Å²) in [6, 6.07) is 10.2. The number of nitrogens with two attached hydrogens (primary N) is 1. The van der Waals surface area contributed by atoms with Crippen LogP contribution in [0.15, 0.2) is 42.5 Å². The zero-order valence-electron chi connectivity index (χ0n) is 9.99. The molecule has 0 fully saturated rings. The molecule has 0 saturated heterocycles. The smallest absolute Gasteiger partial charge is 0.228 e. The van der Waals surface area contributed by atoms with Crippen molar-refractivity contribution in [2.24, 2.45) is 0 Å². The van der Waals surface area contributed by atoms with Gasteiger partial charge in [0.15, 0.2) is 11.6 Å². The van der Waals surface area contributed by atoms with Crippen molar-refractivity contribution in [2.75, 3.05) is 11.1 Å². The Balaban J connectivity index is 2.05. The average molecular weight is 262 g/mol. The van der Waals surface area contributed by atoms with E-state index in [1.54, 1.807) is 24.3 Å². The van der Waals surface area contributed by atoms with Crippen LogP contribution in [-0.2, 0) is 11.2 Å². The number of hydrogen-bond donors (Lipinski definition) is 2. The van der Waals surface area contributed by atoms with E-state index in [-0.39, 0.29) is 18.0 Å². The molecule has 0 aromatic heterocycles. The van der Waals surface area contributed by atoms with Crippen LogP contribution in [0.5, 0.6) is 0 Å². The molecule has 0 bridgehead atoms. The summed E-state index contributed by atoms with van der Waals surface area (Å²) in [6.07, 6.45) is 0.0751. The van der Waals surface area contributed by atoms with Crippen molar-refractivity contribution in [3.63, 3.8) is 0 Å². The first-order valence-corrected chi connectivity index (χ1v) is 5.64. The van der Waals surface area contributed by atoms with Crippen molar-refractivity contribution in [3.05, 3.63) is 59.7 Å². The van der Waals surface area contributed by atoms with Gasteiger partial charge >= 0.3 is 0 Å². The summed E-state index contributed by atoms with van der Waals surface area (Å²) in [5, 5.41) is 2.48. The quantitative estimate of drug-likeness (QED) is 0.836. The molecule has 5 heteroatoms. The van der Waals surface area contributed by atoms with Crippen LogP contribution in [-0.4, -0.2) is 5.91 Å². The van der Waals surface area contributed by atoms with Crippen LogP contribution in [0.25, 0.3) is 0 Å². The van der Waals surface area contributed by atoms with Gasteiger partial charge in [-0.2, -0.15) is 0 Å². The molecule has 0 aliphatic carbocycles. The van der Waals surface area contributed by atoms with E-state index in [2.05, 4.69) is 5.32 Å². The molecule has 0 aliphatic rings. The summed E-state index contributed by atoms with van der Waals surface area (Å²) in [6.45, 7) is 0. The van der Waals surface area contributed by atoms with Gasteiger partial charge < -0.3 is 11.1 Å². The highest BCUT2D eigenvalue weighted by Gasteiger charge is 2.08. The van der Waals surface area contributed by atoms with Crippen LogP contribution < -0.4 is 11.1 Å². The predicted molar refractivity (Wildman–Crippen MR) is 69.5 cm³/mol. The van der Waals surface area contributed by atoms with Gasteiger partial charge in [-0.15, -0.1) is 0 Å². The fourth-order valence-electron chi connectivity index (χ4n) is 1.65. The zero-order chi connectivity index (χ0) is 13.8. The Labute approximate surface area is 109 Å². The maximum atomic E-state index is 13.0. The zero-order valence-corrected chi connectivity index (χ0v) is 9.99. The summed E-state index contributed by atoms with van der Waals surface area (Å²) in [4.78, 5) is 11.7. The maximum Gasteiger partial charge on any atom is 0.228 e. The number of carbonyl (C=O) groups is 1. The summed E-state index contributed by atoms with van der Waals surface area (Å²) in [7, 11) is 0. The van der Waals surface area contributed by atoms with E-state index in [0.717, 1.165) is 12.1 Å². The lowest BCUT2D eigenvalue weighted by Crippen LogP contribution is -2.15.